The first-order valence-corrected chi connectivity index (χ1v) is 13.4. The number of carbonyl (C=O) groups excluding carboxylic acids is 3. The molecule has 4 N–H and O–H groups in total. The van der Waals surface area contributed by atoms with Gasteiger partial charge in [-0.05, 0) is 48.4 Å². The van der Waals surface area contributed by atoms with Crippen LogP contribution in [0.15, 0.2) is 72.8 Å². The molecule has 2 aliphatic heterocycles. The number of aliphatic carboxylic acids is 1. The molecule has 4 aromatic rings. The number of aliphatic hydroxyl groups is 1. The van der Waals surface area contributed by atoms with Crippen LogP contribution >= 0.6 is 0 Å². The number of fused-ring (bicyclic) bond motifs is 4. The number of hydrogen-bond acceptors (Lipinski definition) is 6. The molecule has 1 aromatic heterocycles. The van der Waals surface area contributed by atoms with Gasteiger partial charge in [-0.1, -0.05) is 42.5 Å². The molecule has 0 spiro atoms. The summed E-state index contributed by atoms with van der Waals surface area (Å²) in [5, 5.41) is 22.6. The third-order valence-electron chi connectivity index (χ3n) is 7.88. The van der Waals surface area contributed by atoms with Gasteiger partial charge >= 0.3 is 12.0 Å². The van der Waals surface area contributed by atoms with Crippen molar-refractivity contribution < 1.29 is 34.1 Å². The number of benzene rings is 3. The molecule has 11 nitrogen and oxygen atoms in total. The predicted octanol–water partition coefficient (Wildman–Crippen LogP) is 3.22. The molecule has 4 atom stereocenters. The number of urea groups is 1. The molecule has 214 valence electrons. The van der Waals surface area contributed by atoms with Crippen molar-refractivity contribution in [3.8, 4) is 5.75 Å². The topological polar surface area (TPSA) is 152 Å². The summed E-state index contributed by atoms with van der Waals surface area (Å²) < 4.78 is 5.45. The maximum absolute atomic E-state index is 14.2. The number of aromatic nitrogens is 1. The Balaban J connectivity index is 1.45. The number of H-pyrrole nitrogens is 1. The normalized spacial score (nSPS) is 19.3. The predicted molar refractivity (Wildman–Crippen MR) is 152 cm³/mol. The Morgan fingerprint density at radius 3 is 2.52 bits per heavy atom. The van der Waals surface area contributed by atoms with E-state index in [2.05, 4.69) is 10.3 Å². The van der Waals surface area contributed by atoms with Crippen LogP contribution in [0.25, 0.3) is 10.9 Å². The van der Waals surface area contributed by atoms with Gasteiger partial charge in [-0.25, -0.2) is 14.5 Å². The molecule has 3 aromatic carbocycles. The standard InChI is InChI=1S/C31H28N4O7/c1-16(36)25(30(39)40)33-28(37)20-11-4-6-13-23(20)35-29(38)24-15-21-19-10-3-5-12-22(19)32-26(21)27(34(24)31(35)41)17-8-7-9-18(14-17)42-2/h3-14,16,24-25,27,32,36H,15H2,1-2H3,(H,33,37)(H,39,40)/t16-,24+,25-,27-/m1/s1. The van der Waals surface area contributed by atoms with Gasteiger partial charge < -0.3 is 25.3 Å². The Labute approximate surface area is 240 Å². The number of imide groups is 1. The van der Waals surface area contributed by atoms with Crippen LogP contribution in [0.5, 0.6) is 5.75 Å². The fraction of sp³-hybridized carbons (Fsp3) is 0.226. The van der Waals surface area contributed by atoms with E-state index < -0.39 is 48.0 Å². The molecule has 1 saturated heterocycles. The summed E-state index contributed by atoms with van der Waals surface area (Å²) in [5.74, 6) is -2.18. The summed E-state index contributed by atoms with van der Waals surface area (Å²) >= 11 is 0. The van der Waals surface area contributed by atoms with Crippen LogP contribution in [0, 0.1) is 0 Å². The van der Waals surface area contributed by atoms with Gasteiger partial charge in [0.05, 0.1) is 24.5 Å². The molecule has 0 radical (unpaired) electrons. The van der Waals surface area contributed by atoms with Crippen molar-refractivity contribution in [3.05, 3.63) is 95.2 Å². The number of rotatable bonds is 7. The minimum atomic E-state index is -1.59. The molecule has 1 fully saturated rings. The number of aromatic amines is 1. The number of nitrogens with one attached hydrogen (secondary N) is 2. The number of carboxylic acids is 1. The lowest BCUT2D eigenvalue weighted by atomic mass is 9.89. The molecule has 42 heavy (non-hydrogen) atoms. The molecule has 6 rings (SSSR count). The number of ether oxygens (including phenoxy) is 1. The van der Waals surface area contributed by atoms with Crippen molar-refractivity contribution >= 4 is 40.4 Å². The second kappa shape index (κ2) is 10.3. The molecule has 3 heterocycles. The number of carbonyl (C=O) groups is 4. The highest BCUT2D eigenvalue weighted by atomic mass is 16.5. The lowest BCUT2D eigenvalue weighted by Crippen LogP contribution is -2.48. The lowest BCUT2D eigenvalue weighted by molar-refractivity contribution is -0.141. The molecule has 0 bridgehead atoms. The zero-order chi connectivity index (χ0) is 29.7. The SMILES string of the molecule is COc1cccc([C@@H]2c3[nH]c4ccccc4c3C[C@H]3C(=O)N(c4ccccc4C(=O)N[C@@H](C(=O)O)[C@@H](C)O)C(=O)N23)c1. The first kappa shape index (κ1) is 27.0. The summed E-state index contributed by atoms with van der Waals surface area (Å²) in [6.07, 6.45) is -1.12. The van der Waals surface area contributed by atoms with Crippen LogP contribution < -0.4 is 15.0 Å². The largest absolute Gasteiger partial charge is 0.497 e. The molecule has 0 saturated carbocycles. The number of nitrogens with zero attached hydrogens (tertiary/aromatic N) is 2. The van der Waals surface area contributed by atoms with Gasteiger partial charge in [0.15, 0.2) is 6.04 Å². The Morgan fingerprint density at radius 2 is 1.79 bits per heavy atom. The molecule has 0 unspecified atom stereocenters. The Bertz CT molecular complexity index is 1750. The molecule has 2 aliphatic rings. The molecule has 11 heteroatoms. The van der Waals surface area contributed by atoms with Crippen LogP contribution in [0.4, 0.5) is 10.5 Å². The van der Waals surface area contributed by atoms with Gasteiger partial charge in [0, 0.05) is 23.0 Å². The zero-order valence-electron chi connectivity index (χ0n) is 22.8. The zero-order valence-corrected chi connectivity index (χ0v) is 22.8. The van der Waals surface area contributed by atoms with E-state index in [9.17, 15) is 29.4 Å². The maximum atomic E-state index is 14.2. The van der Waals surface area contributed by atoms with E-state index >= 15 is 0 Å². The monoisotopic (exact) mass is 568 g/mol. The van der Waals surface area contributed by atoms with Gasteiger partial charge in [-0.15, -0.1) is 0 Å². The van der Waals surface area contributed by atoms with Crippen molar-refractivity contribution in [2.24, 2.45) is 0 Å². The van der Waals surface area contributed by atoms with Crippen LogP contribution in [-0.4, -0.2) is 69.2 Å². The minimum absolute atomic E-state index is 0.0204. The van der Waals surface area contributed by atoms with Crippen molar-refractivity contribution in [1.82, 2.24) is 15.2 Å². The summed E-state index contributed by atoms with van der Waals surface area (Å²) in [5.41, 5.74) is 3.29. The second-order valence-electron chi connectivity index (χ2n) is 10.4. The first-order valence-electron chi connectivity index (χ1n) is 13.4. The summed E-state index contributed by atoms with van der Waals surface area (Å²) in [4.78, 5) is 59.2. The van der Waals surface area contributed by atoms with Crippen LogP contribution in [0.3, 0.4) is 0 Å². The fourth-order valence-corrected chi connectivity index (χ4v) is 5.92. The Kier molecular flexibility index (Phi) is 6.66. The smallest absolute Gasteiger partial charge is 0.332 e. The summed E-state index contributed by atoms with van der Waals surface area (Å²) in [7, 11) is 1.55. The molecular formula is C31H28N4O7. The van der Waals surface area contributed by atoms with E-state index in [1.807, 2.05) is 42.5 Å². The average Bonchev–Trinajstić information content (AvgIpc) is 3.48. The van der Waals surface area contributed by atoms with Gasteiger partial charge in [-0.3, -0.25) is 14.5 Å². The fourth-order valence-electron chi connectivity index (χ4n) is 5.92. The average molecular weight is 569 g/mol. The second-order valence-corrected chi connectivity index (χ2v) is 10.4. The summed E-state index contributed by atoms with van der Waals surface area (Å²) in [6, 6.07) is 17.4. The highest BCUT2D eigenvalue weighted by Crippen LogP contribution is 2.45. The van der Waals surface area contributed by atoms with Crippen molar-refractivity contribution in [1.29, 1.82) is 0 Å². The molecule has 0 aliphatic carbocycles. The van der Waals surface area contributed by atoms with E-state index in [0.717, 1.165) is 32.6 Å². The number of anilines is 1. The first-order chi connectivity index (χ1) is 20.2. The number of carboxylic acid groups (broad SMARTS) is 1. The third kappa shape index (κ3) is 4.25. The van der Waals surface area contributed by atoms with E-state index in [0.29, 0.717) is 5.75 Å². The maximum Gasteiger partial charge on any atom is 0.332 e. The van der Waals surface area contributed by atoms with Crippen LogP contribution in [-0.2, 0) is 16.0 Å². The lowest BCUT2D eigenvalue weighted by Gasteiger charge is -2.36. The number of methoxy groups -OCH3 is 1. The summed E-state index contributed by atoms with van der Waals surface area (Å²) in [6.45, 7) is 1.24. The number of aliphatic hydroxyl groups excluding tert-OH is 1. The number of amides is 4. The highest BCUT2D eigenvalue weighted by Gasteiger charge is 2.53. The Morgan fingerprint density at radius 1 is 1.05 bits per heavy atom. The number of hydrogen-bond donors (Lipinski definition) is 4. The molecule has 4 amide bonds. The molecular weight excluding hydrogens is 540 g/mol. The van der Waals surface area contributed by atoms with Crippen LogP contribution in [0.2, 0.25) is 0 Å². The Hall–Kier alpha value is -5.16. The third-order valence-corrected chi connectivity index (χ3v) is 7.88. The van der Waals surface area contributed by atoms with Crippen molar-refractivity contribution in [2.45, 2.75) is 37.6 Å². The van der Waals surface area contributed by atoms with Gasteiger partial charge in [0.2, 0.25) is 0 Å². The minimum Gasteiger partial charge on any atom is -0.497 e. The van der Waals surface area contributed by atoms with E-state index in [1.165, 1.54) is 24.0 Å². The van der Waals surface area contributed by atoms with Crippen molar-refractivity contribution in [3.63, 3.8) is 0 Å². The van der Waals surface area contributed by atoms with E-state index in [4.69, 9.17) is 4.74 Å². The van der Waals surface area contributed by atoms with Gasteiger partial charge in [0.25, 0.3) is 11.8 Å². The quantitative estimate of drug-likeness (QED) is 0.250. The van der Waals surface area contributed by atoms with E-state index in [1.54, 1.807) is 25.3 Å². The van der Waals surface area contributed by atoms with E-state index in [-0.39, 0.29) is 17.7 Å². The highest BCUT2D eigenvalue weighted by molar-refractivity contribution is 6.24. The van der Waals surface area contributed by atoms with Gasteiger partial charge in [-0.2, -0.15) is 0 Å². The van der Waals surface area contributed by atoms with Crippen molar-refractivity contribution in [2.75, 3.05) is 12.0 Å². The number of para-hydroxylation sites is 2. The van der Waals surface area contributed by atoms with Gasteiger partial charge in [0.1, 0.15) is 17.8 Å². The van der Waals surface area contributed by atoms with Crippen LogP contribution in [0.1, 0.15) is 40.1 Å².